The molecule has 5 aliphatic rings. The van der Waals surface area contributed by atoms with Gasteiger partial charge in [0, 0.05) is 5.56 Å². The van der Waals surface area contributed by atoms with Crippen molar-refractivity contribution in [1.82, 2.24) is 0 Å². The van der Waals surface area contributed by atoms with Gasteiger partial charge in [0.15, 0.2) is 30.9 Å². The van der Waals surface area contributed by atoms with Gasteiger partial charge in [-0.15, -0.1) is 0 Å². The van der Waals surface area contributed by atoms with Gasteiger partial charge in [-0.25, -0.2) is 0 Å². The number of fused-ring (bicyclic) bond motifs is 2. The molecule has 5 saturated heterocycles. The highest BCUT2D eigenvalue weighted by Gasteiger charge is 2.62. The summed E-state index contributed by atoms with van der Waals surface area (Å²) in [5.41, 5.74) is 2.85. The first-order valence-electron chi connectivity index (χ1n) is 20.8. The number of benzene rings is 4. The molecule has 0 aromatic heterocycles. The molecule has 0 amide bonds. The van der Waals surface area contributed by atoms with E-state index < -0.39 is 85.4 Å². The van der Waals surface area contributed by atoms with E-state index in [0.717, 1.165) is 22.3 Å². The molecule has 5 heterocycles. The highest BCUT2D eigenvalue weighted by Crippen LogP contribution is 2.46. The van der Waals surface area contributed by atoms with Crippen molar-refractivity contribution < 1.29 is 61.9 Å². The zero-order valence-corrected chi connectivity index (χ0v) is 34.1. The Morgan fingerprint density at radius 2 is 1.20 bits per heavy atom. The lowest BCUT2D eigenvalue weighted by molar-refractivity contribution is -0.351. The molecular weight excluding hydrogens is 773 g/mol. The summed E-state index contributed by atoms with van der Waals surface area (Å²) in [6.45, 7) is 6.78. The van der Waals surface area contributed by atoms with Crippen LogP contribution in [0.15, 0.2) is 121 Å². The first-order chi connectivity index (χ1) is 29.2. The average Bonchev–Trinajstić information content (AvgIpc) is 3.92. The van der Waals surface area contributed by atoms with E-state index in [0.29, 0.717) is 13.2 Å². The highest BCUT2D eigenvalue weighted by atomic mass is 16.8. The standard InChI is InChI=1S/C47H54O13/c1-30-36(38-39(42(48)54-30)59-46(2,3)58-38)55-44-40(51-26-33-20-12-6-13-21-33)37(35(27-52-44)50-25-32-18-10-5-11-19-32)56-45-41-47(29-53-45,28-49-24-31-16-8-4-9-17-31)60-43(57-41)34-22-14-7-15-23-34/h4-23,30,35-45,48H,24-29H2,1-3H3/t30-,35+,36-,37-,38+,39+,40+,41-,42-,43+,44-,45-,47+/m0/s1. The Labute approximate surface area is 350 Å². The summed E-state index contributed by atoms with van der Waals surface area (Å²) >= 11 is 0. The third kappa shape index (κ3) is 9.25. The maximum atomic E-state index is 10.8. The van der Waals surface area contributed by atoms with Crippen molar-refractivity contribution in [3.63, 3.8) is 0 Å². The minimum absolute atomic E-state index is 0.0988. The van der Waals surface area contributed by atoms with Crippen molar-refractivity contribution in [2.24, 2.45) is 0 Å². The maximum absolute atomic E-state index is 10.8. The van der Waals surface area contributed by atoms with E-state index in [1.807, 2.05) is 128 Å². The van der Waals surface area contributed by atoms with Crippen LogP contribution in [0.25, 0.3) is 0 Å². The number of aliphatic hydroxyl groups is 1. The summed E-state index contributed by atoms with van der Waals surface area (Å²) in [5.74, 6) is -0.970. The molecular formula is C47H54O13. The van der Waals surface area contributed by atoms with E-state index in [1.54, 1.807) is 13.8 Å². The fourth-order valence-electron chi connectivity index (χ4n) is 8.56. The maximum Gasteiger partial charge on any atom is 0.187 e. The Morgan fingerprint density at radius 3 is 1.87 bits per heavy atom. The van der Waals surface area contributed by atoms with E-state index in [1.165, 1.54) is 0 Å². The molecule has 0 aliphatic carbocycles. The molecule has 9 rings (SSSR count). The number of aliphatic hydroxyl groups excluding tert-OH is 1. The molecule has 13 heteroatoms. The van der Waals surface area contributed by atoms with Crippen LogP contribution in [0.3, 0.4) is 0 Å². The Hall–Kier alpha value is -3.64. The molecule has 5 fully saturated rings. The van der Waals surface area contributed by atoms with Crippen molar-refractivity contribution in [3.05, 3.63) is 144 Å². The van der Waals surface area contributed by atoms with E-state index in [2.05, 4.69) is 0 Å². The zero-order chi connectivity index (χ0) is 41.1. The largest absolute Gasteiger partial charge is 0.374 e. The smallest absolute Gasteiger partial charge is 0.187 e. The van der Waals surface area contributed by atoms with Crippen LogP contribution in [0.4, 0.5) is 0 Å². The Kier molecular flexibility index (Phi) is 12.8. The Balaban J connectivity index is 1.02. The number of hydrogen-bond donors (Lipinski definition) is 1. The van der Waals surface area contributed by atoms with Crippen LogP contribution >= 0.6 is 0 Å². The topological polar surface area (TPSA) is 131 Å². The van der Waals surface area contributed by atoms with Gasteiger partial charge in [-0.2, -0.15) is 0 Å². The molecule has 0 unspecified atom stereocenters. The van der Waals surface area contributed by atoms with Gasteiger partial charge < -0.3 is 61.9 Å². The molecule has 13 atom stereocenters. The molecule has 5 aliphatic heterocycles. The molecule has 60 heavy (non-hydrogen) atoms. The van der Waals surface area contributed by atoms with Gasteiger partial charge in [-0.3, -0.25) is 0 Å². The lowest BCUT2D eigenvalue weighted by atomic mass is 9.98. The molecule has 0 saturated carbocycles. The lowest BCUT2D eigenvalue weighted by Crippen LogP contribution is -2.62. The number of rotatable bonds is 15. The predicted molar refractivity (Wildman–Crippen MR) is 214 cm³/mol. The molecule has 1 N–H and O–H groups in total. The van der Waals surface area contributed by atoms with Crippen LogP contribution in [0.2, 0.25) is 0 Å². The third-order valence-corrected chi connectivity index (χ3v) is 11.5. The van der Waals surface area contributed by atoms with Crippen molar-refractivity contribution in [1.29, 1.82) is 0 Å². The van der Waals surface area contributed by atoms with Crippen LogP contribution in [0, 0.1) is 0 Å². The first-order valence-corrected chi connectivity index (χ1v) is 20.8. The van der Waals surface area contributed by atoms with Crippen molar-refractivity contribution >= 4 is 0 Å². The summed E-state index contributed by atoms with van der Waals surface area (Å²) in [6, 6.07) is 39.6. The highest BCUT2D eigenvalue weighted by molar-refractivity contribution is 5.19. The number of ether oxygens (including phenoxy) is 12. The van der Waals surface area contributed by atoms with Gasteiger partial charge in [0.05, 0.1) is 45.7 Å². The average molecular weight is 827 g/mol. The zero-order valence-electron chi connectivity index (χ0n) is 34.1. The van der Waals surface area contributed by atoms with Crippen LogP contribution in [0.5, 0.6) is 0 Å². The van der Waals surface area contributed by atoms with Crippen LogP contribution in [-0.2, 0) is 76.7 Å². The second-order valence-corrected chi connectivity index (χ2v) is 16.4. The van der Waals surface area contributed by atoms with Crippen molar-refractivity contribution in [2.75, 3.05) is 19.8 Å². The molecule has 0 spiro atoms. The van der Waals surface area contributed by atoms with Crippen LogP contribution < -0.4 is 0 Å². The van der Waals surface area contributed by atoms with E-state index >= 15 is 0 Å². The van der Waals surface area contributed by atoms with Gasteiger partial charge in [-0.05, 0) is 37.5 Å². The minimum atomic E-state index is -1.19. The Morgan fingerprint density at radius 1 is 0.617 bits per heavy atom. The summed E-state index contributed by atoms with van der Waals surface area (Å²) in [7, 11) is 0. The lowest BCUT2D eigenvalue weighted by Gasteiger charge is -2.46. The fraction of sp³-hybridized carbons (Fsp3) is 0.489. The van der Waals surface area contributed by atoms with Crippen molar-refractivity contribution in [2.45, 2.75) is 126 Å². The van der Waals surface area contributed by atoms with E-state index in [4.69, 9.17) is 56.8 Å². The second-order valence-electron chi connectivity index (χ2n) is 16.4. The summed E-state index contributed by atoms with van der Waals surface area (Å²) in [4.78, 5) is 0. The number of hydrogen-bond acceptors (Lipinski definition) is 13. The van der Waals surface area contributed by atoms with E-state index in [9.17, 15) is 5.11 Å². The van der Waals surface area contributed by atoms with Gasteiger partial charge >= 0.3 is 0 Å². The van der Waals surface area contributed by atoms with Gasteiger partial charge in [0.2, 0.25) is 0 Å². The van der Waals surface area contributed by atoms with Gasteiger partial charge in [-0.1, -0.05) is 121 Å². The molecule has 4 aromatic carbocycles. The predicted octanol–water partition coefficient (Wildman–Crippen LogP) is 5.97. The first kappa shape index (κ1) is 41.7. The second kappa shape index (κ2) is 18.4. The Bertz CT molecular complexity index is 1940. The minimum Gasteiger partial charge on any atom is -0.374 e. The summed E-state index contributed by atoms with van der Waals surface area (Å²) in [6.07, 6.45) is -9.50. The summed E-state index contributed by atoms with van der Waals surface area (Å²) < 4.78 is 78.6. The molecule has 0 bridgehead atoms. The van der Waals surface area contributed by atoms with Crippen molar-refractivity contribution in [3.8, 4) is 0 Å². The third-order valence-electron chi connectivity index (χ3n) is 11.5. The fourth-order valence-corrected chi connectivity index (χ4v) is 8.56. The monoisotopic (exact) mass is 826 g/mol. The normalized spacial score (nSPS) is 35.9. The SMILES string of the molecule is C[C@@H]1O[C@H](O)[C@@H]2OC(C)(C)O[C@@H]2[C@H]1O[C@@H]1OC[C@@H](OCc2ccccc2)[C@H](O[C@@H]2OC[C@@]3(COCc4ccccc4)O[C@H](c4ccccc4)O[C@@H]23)[C@H]1OCc1ccccc1. The molecule has 0 radical (unpaired) electrons. The quantitative estimate of drug-likeness (QED) is 0.151. The summed E-state index contributed by atoms with van der Waals surface area (Å²) in [5, 5.41) is 10.8. The molecule has 320 valence electrons. The van der Waals surface area contributed by atoms with Crippen LogP contribution in [-0.4, -0.2) is 104 Å². The van der Waals surface area contributed by atoms with Gasteiger partial charge in [0.25, 0.3) is 0 Å². The molecule has 4 aromatic rings. The van der Waals surface area contributed by atoms with Crippen LogP contribution in [0.1, 0.15) is 49.3 Å². The van der Waals surface area contributed by atoms with Gasteiger partial charge in [0.1, 0.15) is 48.3 Å². The molecule has 13 nitrogen and oxygen atoms in total. The van der Waals surface area contributed by atoms with E-state index in [-0.39, 0.29) is 26.4 Å².